The summed E-state index contributed by atoms with van der Waals surface area (Å²) in [5.41, 5.74) is 4.35. The number of anilines is 1. The number of amides is 1. The molecule has 8 heteroatoms. The van der Waals surface area contributed by atoms with E-state index in [9.17, 15) is 4.79 Å². The van der Waals surface area contributed by atoms with Gasteiger partial charge in [-0.05, 0) is 49.1 Å². The molecule has 0 aliphatic carbocycles. The van der Waals surface area contributed by atoms with E-state index >= 15 is 0 Å². The van der Waals surface area contributed by atoms with Gasteiger partial charge in [-0.2, -0.15) is 5.10 Å². The highest BCUT2D eigenvalue weighted by Gasteiger charge is 2.08. The zero-order chi connectivity index (χ0) is 22.8. The number of carbonyl (C=O) groups excluding carboxylic acids is 1. The van der Waals surface area contributed by atoms with Gasteiger partial charge in [0.2, 0.25) is 5.91 Å². The number of nitrogens with zero attached hydrogens (tertiary/aromatic N) is 3. The largest absolute Gasteiger partial charge is 0.357 e. The minimum absolute atomic E-state index is 0. The van der Waals surface area contributed by atoms with Gasteiger partial charge in [0.1, 0.15) is 6.54 Å². The number of hydrogen-bond acceptors (Lipinski definition) is 3. The molecule has 0 bridgehead atoms. The van der Waals surface area contributed by atoms with Gasteiger partial charge >= 0.3 is 0 Å². The van der Waals surface area contributed by atoms with Crippen LogP contribution in [0.4, 0.5) is 5.69 Å². The number of nitrogens with one attached hydrogen (secondary N) is 3. The SMILES string of the molecule is CCNC(=NCc1cccc(NC(=O)Cn2cccn2)c1)NCC(C)c1cccc(C)c1.I. The topological polar surface area (TPSA) is 83.3 Å². The smallest absolute Gasteiger partial charge is 0.246 e. The Labute approximate surface area is 213 Å². The van der Waals surface area contributed by atoms with Crippen molar-refractivity contribution in [2.45, 2.75) is 39.8 Å². The van der Waals surface area contributed by atoms with Gasteiger partial charge in [0, 0.05) is 31.2 Å². The summed E-state index contributed by atoms with van der Waals surface area (Å²) in [7, 11) is 0. The summed E-state index contributed by atoms with van der Waals surface area (Å²) in [6.45, 7) is 8.65. The molecule has 0 saturated heterocycles. The van der Waals surface area contributed by atoms with Crippen LogP contribution in [-0.4, -0.2) is 34.7 Å². The Bertz CT molecular complexity index is 1030. The molecule has 0 aliphatic rings. The highest BCUT2D eigenvalue weighted by Crippen LogP contribution is 2.15. The summed E-state index contributed by atoms with van der Waals surface area (Å²) in [6.07, 6.45) is 3.42. The molecule has 3 aromatic rings. The molecule has 1 aromatic heterocycles. The third kappa shape index (κ3) is 8.88. The second-order valence-corrected chi connectivity index (χ2v) is 7.84. The third-order valence-electron chi connectivity index (χ3n) is 5.03. The van der Waals surface area contributed by atoms with Crippen LogP contribution in [0.25, 0.3) is 0 Å². The predicted molar refractivity (Wildman–Crippen MR) is 145 cm³/mol. The molecule has 33 heavy (non-hydrogen) atoms. The van der Waals surface area contributed by atoms with Gasteiger partial charge in [-0.25, -0.2) is 4.99 Å². The Morgan fingerprint density at radius 3 is 2.67 bits per heavy atom. The Hall–Kier alpha value is -2.88. The number of aryl methyl sites for hydroxylation is 1. The number of rotatable bonds is 9. The first-order valence-electron chi connectivity index (χ1n) is 11.0. The number of aliphatic imine (C=N–C) groups is 1. The fourth-order valence-corrected chi connectivity index (χ4v) is 3.35. The van der Waals surface area contributed by atoms with Gasteiger partial charge in [-0.15, -0.1) is 24.0 Å². The molecular formula is C25H33IN6O. The number of aromatic nitrogens is 2. The lowest BCUT2D eigenvalue weighted by atomic mass is 9.99. The quantitative estimate of drug-likeness (QED) is 0.207. The Kier molecular flexibility index (Phi) is 10.9. The molecule has 7 nitrogen and oxygen atoms in total. The molecule has 0 fully saturated rings. The minimum Gasteiger partial charge on any atom is -0.357 e. The standard InChI is InChI=1S/C25H32N6O.HI/c1-4-26-25(27-16-20(3)22-10-5-8-19(2)14-22)28-17-21-9-6-11-23(15-21)30-24(32)18-31-13-7-12-29-31;/h5-15,20H,4,16-18H2,1-3H3,(H,30,32)(H2,26,27,28);1H. The van der Waals surface area contributed by atoms with Crippen LogP contribution in [0.3, 0.4) is 0 Å². The monoisotopic (exact) mass is 560 g/mol. The van der Waals surface area contributed by atoms with E-state index in [1.165, 1.54) is 11.1 Å². The van der Waals surface area contributed by atoms with Crippen molar-refractivity contribution in [2.24, 2.45) is 4.99 Å². The Morgan fingerprint density at radius 1 is 1.12 bits per heavy atom. The third-order valence-corrected chi connectivity index (χ3v) is 5.03. The lowest BCUT2D eigenvalue weighted by molar-refractivity contribution is -0.116. The zero-order valence-electron chi connectivity index (χ0n) is 19.4. The van der Waals surface area contributed by atoms with Crippen LogP contribution in [0, 0.1) is 6.92 Å². The van der Waals surface area contributed by atoms with Gasteiger partial charge < -0.3 is 16.0 Å². The summed E-state index contributed by atoms with van der Waals surface area (Å²) in [5.74, 6) is 1.03. The first kappa shape index (κ1) is 26.4. The van der Waals surface area contributed by atoms with Crippen LogP contribution in [0.2, 0.25) is 0 Å². The molecule has 1 heterocycles. The molecule has 1 unspecified atom stereocenters. The lowest BCUT2D eigenvalue weighted by Crippen LogP contribution is -2.39. The molecule has 0 aliphatic heterocycles. The highest BCUT2D eigenvalue weighted by atomic mass is 127. The molecule has 3 N–H and O–H groups in total. The van der Waals surface area contributed by atoms with Crippen LogP contribution in [0.15, 0.2) is 72.0 Å². The van der Waals surface area contributed by atoms with Crippen molar-refractivity contribution in [1.29, 1.82) is 0 Å². The molecule has 0 radical (unpaired) electrons. The first-order valence-corrected chi connectivity index (χ1v) is 11.0. The molecule has 0 saturated carbocycles. The second kappa shape index (κ2) is 13.6. The van der Waals surface area contributed by atoms with Gasteiger partial charge in [0.25, 0.3) is 0 Å². The Morgan fingerprint density at radius 2 is 1.94 bits per heavy atom. The van der Waals surface area contributed by atoms with E-state index in [4.69, 9.17) is 4.99 Å². The van der Waals surface area contributed by atoms with Crippen molar-refractivity contribution in [3.63, 3.8) is 0 Å². The van der Waals surface area contributed by atoms with E-state index in [2.05, 4.69) is 66.1 Å². The zero-order valence-corrected chi connectivity index (χ0v) is 21.7. The normalized spacial score (nSPS) is 11.9. The number of halogens is 1. The number of hydrogen-bond donors (Lipinski definition) is 3. The van der Waals surface area contributed by atoms with Gasteiger partial charge in [-0.3, -0.25) is 9.48 Å². The molecule has 3 rings (SSSR count). The van der Waals surface area contributed by atoms with Gasteiger partial charge in [-0.1, -0.05) is 48.9 Å². The maximum atomic E-state index is 12.2. The van der Waals surface area contributed by atoms with Crippen molar-refractivity contribution in [1.82, 2.24) is 20.4 Å². The summed E-state index contributed by atoms with van der Waals surface area (Å²) in [6, 6.07) is 18.1. The lowest BCUT2D eigenvalue weighted by Gasteiger charge is -2.17. The van der Waals surface area contributed by atoms with Crippen LogP contribution in [0.5, 0.6) is 0 Å². The number of carbonyl (C=O) groups is 1. The predicted octanol–water partition coefficient (Wildman–Crippen LogP) is 4.31. The van der Waals surface area contributed by atoms with Crippen LogP contribution in [0.1, 0.15) is 36.5 Å². The fraction of sp³-hybridized carbons (Fsp3) is 0.320. The van der Waals surface area contributed by atoms with E-state index in [-0.39, 0.29) is 36.4 Å². The van der Waals surface area contributed by atoms with E-state index in [0.29, 0.717) is 12.5 Å². The van der Waals surface area contributed by atoms with Crippen molar-refractivity contribution in [2.75, 3.05) is 18.4 Å². The second-order valence-electron chi connectivity index (χ2n) is 7.84. The summed E-state index contributed by atoms with van der Waals surface area (Å²) in [5, 5.41) is 13.7. The molecule has 1 atom stereocenters. The molecule has 1 amide bonds. The number of benzene rings is 2. The molecule has 176 valence electrons. The average Bonchev–Trinajstić information content (AvgIpc) is 3.28. The van der Waals surface area contributed by atoms with Gasteiger partial charge in [0.15, 0.2) is 5.96 Å². The number of guanidine groups is 1. The molecular weight excluding hydrogens is 527 g/mol. The highest BCUT2D eigenvalue weighted by molar-refractivity contribution is 14.0. The summed E-state index contributed by atoms with van der Waals surface area (Å²) in [4.78, 5) is 16.9. The van der Waals surface area contributed by atoms with Crippen molar-refractivity contribution >= 4 is 41.5 Å². The van der Waals surface area contributed by atoms with E-state index in [1.54, 1.807) is 23.1 Å². The first-order chi connectivity index (χ1) is 15.5. The average molecular weight is 560 g/mol. The summed E-state index contributed by atoms with van der Waals surface area (Å²) < 4.78 is 1.59. The molecule has 0 spiro atoms. The maximum absolute atomic E-state index is 12.2. The summed E-state index contributed by atoms with van der Waals surface area (Å²) >= 11 is 0. The van der Waals surface area contributed by atoms with E-state index in [1.807, 2.05) is 24.3 Å². The minimum atomic E-state index is -0.116. The van der Waals surface area contributed by atoms with Gasteiger partial charge in [0.05, 0.1) is 6.54 Å². The Balaban J connectivity index is 0.00000385. The van der Waals surface area contributed by atoms with Crippen molar-refractivity contribution < 1.29 is 4.79 Å². The van der Waals surface area contributed by atoms with Crippen LogP contribution in [-0.2, 0) is 17.9 Å². The van der Waals surface area contributed by atoms with Crippen molar-refractivity contribution in [3.05, 3.63) is 83.7 Å². The van der Waals surface area contributed by atoms with E-state index < -0.39 is 0 Å². The van der Waals surface area contributed by atoms with Crippen LogP contribution < -0.4 is 16.0 Å². The van der Waals surface area contributed by atoms with Crippen molar-refractivity contribution in [3.8, 4) is 0 Å². The maximum Gasteiger partial charge on any atom is 0.246 e. The van der Waals surface area contributed by atoms with Crippen LogP contribution >= 0.6 is 24.0 Å². The molecule has 2 aromatic carbocycles. The fourth-order valence-electron chi connectivity index (χ4n) is 3.35. The van der Waals surface area contributed by atoms with E-state index in [0.717, 1.165) is 30.3 Å².